The molecule has 0 spiro atoms. The molecule has 5 nitrogen and oxygen atoms in total. The molecule has 0 radical (unpaired) electrons. The van der Waals surface area contributed by atoms with E-state index in [0.29, 0.717) is 11.4 Å². The first-order valence-corrected chi connectivity index (χ1v) is 7.44. The zero-order valence-corrected chi connectivity index (χ0v) is 12.1. The van der Waals surface area contributed by atoms with Crippen molar-refractivity contribution in [3.63, 3.8) is 0 Å². The van der Waals surface area contributed by atoms with Crippen molar-refractivity contribution in [2.75, 3.05) is 17.6 Å². The maximum Gasteiger partial charge on any atom is 0.263 e. The van der Waals surface area contributed by atoms with Crippen molar-refractivity contribution in [3.05, 3.63) is 48.0 Å². The summed E-state index contributed by atoms with van der Waals surface area (Å²) < 4.78 is 32.1. The fourth-order valence-electron chi connectivity index (χ4n) is 1.81. The number of methoxy groups -OCH3 is 1. The van der Waals surface area contributed by atoms with Gasteiger partial charge in [0.2, 0.25) is 0 Å². The third-order valence-electron chi connectivity index (χ3n) is 2.78. The SMILES string of the molecule is COc1cccc(NS(=O)(=O)c2ccc(C)cc2N)c1. The van der Waals surface area contributed by atoms with E-state index in [1.54, 1.807) is 36.4 Å². The zero-order valence-electron chi connectivity index (χ0n) is 11.3. The number of sulfonamides is 1. The highest BCUT2D eigenvalue weighted by Gasteiger charge is 2.17. The second-order valence-corrected chi connectivity index (χ2v) is 6.03. The molecule has 20 heavy (non-hydrogen) atoms. The normalized spacial score (nSPS) is 11.1. The van der Waals surface area contributed by atoms with Gasteiger partial charge in [-0.2, -0.15) is 0 Å². The fourth-order valence-corrected chi connectivity index (χ4v) is 2.97. The van der Waals surface area contributed by atoms with Gasteiger partial charge in [0, 0.05) is 6.07 Å². The van der Waals surface area contributed by atoms with E-state index in [2.05, 4.69) is 4.72 Å². The topological polar surface area (TPSA) is 81.4 Å². The van der Waals surface area contributed by atoms with E-state index in [0.717, 1.165) is 5.56 Å². The molecular formula is C14H16N2O3S. The highest BCUT2D eigenvalue weighted by molar-refractivity contribution is 7.92. The van der Waals surface area contributed by atoms with Crippen LogP contribution in [0.2, 0.25) is 0 Å². The highest BCUT2D eigenvalue weighted by Crippen LogP contribution is 2.24. The molecule has 0 unspecified atom stereocenters. The van der Waals surface area contributed by atoms with Crippen LogP contribution in [0.1, 0.15) is 5.56 Å². The van der Waals surface area contributed by atoms with Gasteiger partial charge in [-0.1, -0.05) is 12.1 Å². The van der Waals surface area contributed by atoms with Crippen LogP contribution < -0.4 is 15.2 Å². The van der Waals surface area contributed by atoms with Gasteiger partial charge in [0.05, 0.1) is 18.5 Å². The number of aryl methyl sites for hydroxylation is 1. The van der Waals surface area contributed by atoms with Gasteiger partial charge in [0.25, 0.3) is 10.0 Å². The maximum absolute atomic E-state index is 12.3. The first-order valence-electron chi connectivity index (χ1n) is 5.95. The van der Waals surface area contributed by atoms with Gasteiger partial charge in [-0.15, -0.1) is 0 Å². The quantitative estimate of drug-likeness (QED) is 0.848. The minimum Gasteiger partial charge on any atom is -0.497 e. The number of nitrogen functional groups attached to an aromatic ring is 1. The third kappa shape index (κ3) is 3.03. The van der Waals surface area contributed by atoms with Crippen LogP contribution in [-0.4, -0.2) is 15.5 Å². The van der Waals surface area contributed by atoms with Crippen LogP contribution in [0, 0.1) is 6.92 Å². The minimum absolute atomic E-state index is 0.0610. The number of nitrogens with one attached hydrogen (secondary N) is 1. The summed E-state index contributed by atoms with van der Waals surface area (Å²) in [6, 6.07) is 11.5. The van der Waals surface area contributed by atoms with Crippen LogP contribution >= 0.6 is 0 Å². The first-order chi connectivity index (χ1) is 9.42. The van der Waals surface area contributed by atoms with Gasteiger partial charge in [-0.25, -0.2) is 8.42 Å². The second kappa shape index (κ2) is 5.42. The lowest BCUT2D eigenvalue weighted by atomic mass is 10.2. The lowest BCUT2D eigenvalue weighted by Gasteiger charge is -2.11. The Morgan fingerprint density at radius 2 is 1.90 bits per heavy atom. The Bertz CT molecular complexity index is 727. The lowest BCUT2D eigenvalue weighted by Crippen LogP contribution is -2.14. The van der Waals surface area contributed by atoms with E-state index in [1.807, 2.05) is 6.92 Å². The minimum atomic E-state index is -3.72. The van der Waals surface area contributed by atoms with E-state index >= 15 is 0 Å². The molecule has 0 atom stereocenters. The molecule has 0 aliphatic rings. The summed E-state index contributed by atoms with van der Waals surface area (Å²) in [7, 11) is -2.20. The monoisotopic (exact) mass is 292 g/mol. The Morgan fingerprint density at radius 1 is 1.15 bits per heavy atom. The summed E-state index contributed by atoms with van der Waals surface area (Å²) in [5.74, 6) is 0.571. The van der Waals surface area contributed by atoms with Gasteiger partial charge in [0.1, 0.15) is 10.6 Å². The van der Waals surface area contributed by atoms with Gasteiger partial charge >= 0.3 is 0 Å². The summed E-state index contributed by atoms with van der Waals surface area (Å²) in [5.41, 5.74) is 7.32. The van der Waals surface area contributed by atoms with Crippen molar-refractivity contribution in [3.8, 4) is 5.75 Å². The summed E-state index contributed by atoms with van der Waals surface area (Å²) in [6.45, 7) is 1.85. The molecule has 0 amide bonds. The smallest absolute Gasteiger partial charge is 0.263 e. The highest BCUT2D eigenvalue weighted by atomic mass is 32.2. The van der Waals surface area contributed by atoms with Gasteiger partial charge in [-0.3, -0.25) is 4.72 Å². The van der Waals surface area contributed by atoms with Crippen LogP contribution in [0.4, 0.5) is 11.4 Å². The zero-order chi connectivity index (χ0) is 14.8. The summed E-state index contributed by atoms with van der Waals surface area (Å²) in [5, 5.41) is 0. The third-order valence-corrected chi connectivity index (χ3v) is 4.23. The van der Waals surface area contributed by atoms with E-state index < -0.39 is 10.0 Å². The first kappa shape index (κ1) is 14.2. The van der Waals surface area contributed by atoms with E-state index in [4.69, 9.17) is 10.5 Å². The lowest BCUT2D eigenvalue weighted by molar-refractivity contribution is 0.415. The Balaban J connectivity index is 2.35. The molecule has 0 saturated heterocycles. The van der Waals surface area contributed by atoms with Gasteiger partial charge in [-0.05, 0) is 36.8 Å². The number of benzene rings is 2. The Labute approximate surface area is 118 Å². The molecule has 0 bridgehead atoms. The average molecular weight is 292 g/mol. The molecule has 106 valence electrons. The molecular weight excluding hydrogens is 276 g/mol. The molecule has 0 fully saturated rings. The van der Waals surface area contributed by atoms with Crippen LogP contribution in [-0.2, 0) is 10.0 Å². The van der Waals surface area contributed by atoms with Crippen LogP contribution in [0.25, 0.3) is 0 Å². The summed E-state index contributed by atoms with van der Waals surface area (Å²) in [4.78, 5) is 0.0610. The van der Waals surface area contributed by atoms with Crippen molar-refractivity contribution >= 4 is 21.4 Å². The molecule has 0 saturated carbocycles. The Morgan fingerprint density at radius 3 is 2.55 bits per heavy atom. The Kier molecular flexibility index (Phi) is 3.85. The average Bonchev–Trinajstić information content (AvgIpc) is 2.37. The van der Waals surface area contributed by atoms with E-state index in [9.17, 15) is 8.42 Å². The van der Waals surface area contributed by atoms with Crippen molar-refractivity contribution in [2.24, 2.45) is 0 Å². The van der Waals surface area contributed by atoms with Gasteiger partial charge < -0.3 is 10.5 Å². The van der Waals surface area contributed by atoms with Crippen LogP contribution in [0.15, 0.2) is 47.4 Å². The molecule has 2 aromatic rings. The molecule has 2 rings (SSSR count). The summed E-state index contributed by atoms with van der Waals surface area (Å²) >= 11 is 0. The predicted molar refractivity (Wildman–Crippen MR) is 79.4 cm³/mol. The number of ether oxygens (including phenoxy) is 1. The molecule has 2 aromatic carbocycles. The fraction of sp³-hybridized carbons (Fsp3) is 0.143. The molecule has 0 aliphatic heterocycles. The molecule has 0 aliphatic carbocycles. The second-order valence-electron chi connectivity index (χ2n) is 4.38. The number of nitrogens with two attached hydrogens (primary N) is 1. The predicted octanol–water partition coefficient (Wildman–Crippen LogP) is 2.39. The number of rotatable bonds is 4. The molecule has 0 aromatic heterocycles. The maximum atomic E-state index is 12.3. The van der Waals surface area contributed by atoms with Crippen LogP contribution in [0.5, 0.6) is 5.75 Å². The van der Waals surface area contributed by atoms with E-state index in [1.165, 1.54) is 13.2 Å². The van der Waals surface area contributed by atoms with Crippen LogP contribution in [0.3, 0.4) is 0 Å². The number of hydrogen-bond acceptors (Lipinski definition) is 4. The molecule has 6 heteroatoms. The van der Waals surface area contributed by atoms with Crippen molar-refractivity contribution in [1.29, 1.82) is 0 Å². The molecule has 3 N–H and O–H groups in total. The van der Waals surface area contributed by atoms with Gasteiger partial charge in [0.15, 0.2) is 0 Å². The van der Waals surface area contributed by atoms with Crippen molar-refractivity contribution < 1.29 is 13.2 Å². The summed E-state index contributed by atoms with van der Waals surface area (Å²) in [6.07, 6.45) is 0. The standard InChI is InChI=1S/C14H16N2O3S/c1-10-6-7-14(13(15)8-10)20(17,18)16-11-4-3-5-12(9-11)19-2/h3-9,16H,15H2,1-2H3. The van der Waals surface area contributed by atoms with Crippen molar-refractivity contribution in [1.82, 2.24) is 0 Å². The van der Waals surface area contributed by atoms with E-state index in [-0.39, 0.29) is 10.6 Å². The number of anilines is 2. The van der Waals surface area contributed by atoms with Crippen molar-refractivity contribution in [2.45, 2.75) is 11.8 Å². The Hall–Kier alpha value is -2.21. The largest absolute Gasteiger partial charge is 0.497 e. The number of hydrogen-bond donors (Lipinski definition) is 2. The molecule has 0 heterocycles.